The van der Waals surface area contributed by atoms with E-state index >= 15 is 0 Å². The number of benzene rings is 1. The second kappa shape index (κ2) is 19.4. The van der Waals surface area contributed by atoms with Gasteiger partial charge < -0.3 is 49.2 Å². The molecule has 1 aromatic carbocycles. The second-order valence-corrected chi connectivity index (χ2v) is 13.0. The van der Waals surface area contributed by atoms with E-state index in [1.54, 1.807) is 20.8 Å². The number of phosphoric ester groups is 1. The summed E-state index contributed by atoms with van der Waals surface area (Å²) in [7, 11) is -4.99. The summed E-state index contributed by atoms with van der Waals surface area (Å²) in [6.07, 6.45) is 1.04. The van der Waals surface area contributed by atoms with Crippen LogP contribution in [0.1, 0.15) is 46.1 Å². The number of ether oxygens (including phenoxy) is 4. The molecule has 1 unspecified atom stereocenters. The number of anilines is 1. The maximum absolute atomic E-state index is 12.7. The summed E-state index contributed by atoms with van der Waals surface area (Å²) in [6, 6.07) is 3.44. The molecule has 0 spiro atoms. The minimum atomic E-state index is -4.99. The van der Waals surface area contributed by atoms with Crippen LogP contribution in [0.25, 0.3) is 0 Å². The molecule has 2 rings (SSSR count). The lowest BCUT2D eigenvalue weighted by Crippen LogP contribution is -2.41. The zero-order valence-corrected chi connectivity index (χ0v) is 28.4. The van der Waals surface area contributed by atoms with E-state index in [4.69, 9.17) is 23.5 Å². The van der Waals surface area contributed by atoms with E-state index in [0.717, 1.165) is 0 Å². The first-order valence-corrected chi connectivity index (χ1v) is 16.8. The zero-order chi connectivity index (χ0) is 35.9. The Morgan fingerprint density at radius 2 is 1.65 bits per heavy atom. The highest BCUT2D eigenvalue weighted by Gasteiger charge is 2.26. The zero-order valence-electron chi connectivity index (χ0n) is 27.5. The summed E-state index contributed by atoms with van der Waals surface area (Å²) >= 11 is 0. The van der Waals surface area contributed by atoms with Gasteiger partial charge >= 0.3 is 19.9 Å². The van der Waals surface area contributed by atoms with Crippen molar-refractivity contribution in [1.82, 2.24) is 10.2 Å². The van der Waals surface area contributed by atoms with Crippen molar-refractivity contribution >= 4 is 37.4 Å². The lowest BCUT2D eigenvalue weighted by molar-refractivity contribution is -0.141. The standard InChI is InChI=1S/C30H46N3O14P/c1-20(28(37)38)17-22(31-29(39)46-30(2,3)4)18-21-5-6-24(47-48(40,41)42)23(19-21)32-25(34)9-11-43-13-15-45-16-14-44-12-10-33-26(35)7-8-27(33)36/h5-8,19-20,22,26,35H,9-18H2,1-4H3,(H,31,39)(H,32,34)(H,37,38)(H2,40,41,42)/t20?,22-,26+/m1/s1. The molecule has 0 saturated heterocycles. The van der Waals surface area contributed by atoms with Gasteiger partial charge in [0.25, 0.3) is 0 Å². The minimum Gasteiger partial charge on any atom is -0.481 e. The lowest BCUT2D eigenvalue weighted by atomic mass is 9.96. The van der Waals surface area contributed by atoms with Gasteiger partial charge in [0.05, 0.1) is 57.7 Å². The molecule has 3 amide bonds. The van der Waals surface area contributed by atoms with Crippen LogP contribution in [-0.2, 0) is 44.3 Å². The molecule has 0 radical (unpaired) electrons. The number of carboxylic acid groups (broad SMARTS) is 1. The van der Waals surface area contributed by atoms with Crippen LogP contribution in [0, 0.1) is 5.92 Å². The van der Waals surface area contributed by atoms with Gasteiger partial charge in [0.2, 0.25) is 11.8 Å². The van der Waals surface area contributed by atoms with Crippen molar-refractivity contribution < 1.29 is 67.2 Å². The molecule has 3 atom stereocenters. The van der Waals surface area contributed by atoms with Crippen LogP contribution in [0.2, 0.25) is 0 Å². The number of amides is 3. The summed E-state index contributed by atoms with van der Waals surface area (Å²) in [5, 5.41) is 24.2. The van der Waals surface area contributed by atoms with Crippen molar-refractivity contribution in [2.75, 3.05) is 51.5 Å². The van der Waals surface area contributed by atoms with Crippen LogP contribution in [-0.4, -0.2) is 113 Å². The van der Waals surface area contributed by atoms with Crippen molar-refractivity contribution in [3.63, 3.8) is 0 Å². The molecule has 0 fully saturated rings. The number of hydrogen-bond acceptors (Lipinski definition) is 11. The van der Waals surface area contributed by atoms with Gasteiger partial charge in [-0.25, -0.2) is 9.36 Å². The Balaban J connectivity index is 1.86. The van der Waals surface area contributed by atoms with Crippen LogP contribution in [0.3, 0.4) is 0 Å². The van der Waals surface area contributed by atoms with Gasteiger partial charge in [0.1, 0.15) is 11.8 Å². The third-order valence-corrected chi connectivity index (χ3v) is 6.94. The normalized spacial score (nSPS) is 16.0. The molecule has 270 valence electrons. The van der Waals surface area contributed by atoms with Gasteiger partial charge in [0, 0.05) is 18.7 Å². The molecule has 0 bridgehead atoms. The van der Waals surface area contributed by atoms with Gasteiger partial charge in [-0.15, -0.1) is 0 Å². The van der Waals surface area contributed by atoms with E-state index in [1.807, 2.05) is 0 Å². The maximum Gasteiger partial charge on any atom is 0.524 e. The Morgan fingerprint density at radius 1 is 1.02 bits per heavy atom. The molecular weight excluding hydrogens is 657 g/mol. The Morgan fingerprint density at radius 3 is 2.21 bits per heavy atom. The molecule has 1 aliphatic heterocycles. The molecular formula is C30H46N3O14P. The van der Waals surface area contributed by atoms with E-state index in [2.05, 4.69) is 10.6 Å². The van der Waals surface area contributed by atoms with Gasteiger partial charge in [0.15, 0.2) is 5.75 Å². The SMILES string of the molecule is CC(C[C@H](Cc1ccc(OP(=O)(O)O)c(NC(=O)CCOCCOCCOCCN2C(=O)C=C[C@@H]2O)c1)NC(=O)OC(C)(C)C)C(=O)O. The second-order valence-electron chi connectivity index (χ2n) is 11.9. The fourth-order valence-electron chi connectivity index (χ4n) is 4.31. The van der Waals surface area contributed by atoms with Gasteiger partial charge in [-0.2, -0.15) is 0 Å². The summed E-state index contributed by atoms with van der Waals surface area (Å²) < 4.78 is 37.8. The van der Waals surface area contributed by atoms with Crippen LogP contribution in [0.5, 0.6) is 5.75 Å². The Bertz CT molecular complexity index is 1310. The van der Waals surface area contributed by atoms with Crippen molar-refractivity contribution in [2.24, 2.45) is 5.92 Å². The first kappa shape index (κ1) is 40.6. The molecule has 1 aliphatic rings. The molecule has 1 aromatic rings. The Hall–Kier alpha value is -3.57. The highest BCUT2D eigenvalue weighted by molar-refractivity contribution is 7.46. The van der Waals surface area contributed by atoms with Gasteiger partial charge in [-0.05, 0) is 57.4 Å². The molecule has 1 heterocycles. The number of nitrogens with one attached hydrogen (secondary N) is 2. The maximum atomic E-state index is 12.7. The number of carboxylic acids is 1. The number of phosphoric acid groups is 1. The smallest absolute Gasteiger partial charge is 0.481 e. The molecule has 18 heteroatoms. The number of alkyl carbamates (subject to hydrolysis) is 1. The number of carbonyl (C=O) groups excluding carboxylic acids is 3. The number of rotatable bonds is 21. The minimum absolute atomic E-state index is 0.00918. The number of aliphatic hydroxyl groups excluding tert-OH is 1. The third-order valence-electron chi connectivity index (χ3n) is 6.51. The molecule has 0 aromatic heterocycles. The molecule has 0 aliphatic carbocycles. The van der Waals surface area contributed by atoms with E-state index in [9.17, 15) is 43.7 Å². The fourth-order valence-corrected chi connectivity index (χ4v) is 4.73. The van der Waals surface area contributed by atoms with Gasteiger partial charge in [-0.1, -0.05) is 13.0 Å². The largest absolute Gasteiger partial charge is 0.524 e. The fraction of sp³-hybridized carbons (Fsp3) is 0.600. The molecule has 0 saturated carbocycles. The van der Waals surface area contributed by atoms with Gasteiger partial charge in [-0.3, -0.25) is 24.2 Å². The number of aliphatic carboxylic acids is 1. The molecule has 48 heavy (non-hydrogen) atoms. The van der Waals surface area contributed by atoms with Crippen LogP contribution < -0.4 is 15.2 Å². The average Bonchev–Trinajstić information content (AvgIpc) is 3.27. The van der Waals surface area contributed by atoms with Crippen molar-refractivity contribution in [2.45, 2.75) is 64.8 Å². The first-order valence-electron chi connectivity index (χ1n) is 15.2. The summed E-state index contributed by atoms with van der Waals surface area (Å²) in [5.74, 6) is -3.00. The number of carbonyl (C=O) groups is 4. The average molecular weight is 704 g/mol. The van der Waals surface area contributed by atoms with E-state index in [-0.39, 0.29) is 82.8 Å². The molecule has 17 nitrogen and oxygen atoms in total. The number of hydrogen-bond donors (Lipinski definition) is 6. The monoisotopic (exact) mass is 703 g/mol. The number of aliphatic hydroxyl groups is 1. The predicted octanol–water partition coefficient (Wildman–Crippen LogP) is 1.80. The predicted molar refractivity (Wildman–Crippen MR) is 170 cm³/mol. The number of nitrogens with zero attached hydrogens (tertiary/aromatic N) is 1. The highest BCUT2D eigenvalue weighted by Crippen LogP contribution is 2.41. The van der Waals surface area contributed by atoms with Crippen LogP contribution in [0.15, 0.2) is 30.4 Å². The summed E-state index contributed by atoms with van der Waals surface area (Å²) in [6.45, 7) is 7.95. The Labute approximate surface area is 278 Å². The van der Waals surface area contributed by atoms with Crippen molar-refractivity contribution in [3.8, 4) is 5.75 Å². The van der Waals surface area contributed by atoms with E-state index < -0.39 is 49.6 Å². The first-order chi connectivity index (χ1) is 22.4. The lowest BCUT2D eigenvalue weighted by Gasteiger charge is -2.25. The van der Waals surface area contributed by atoms with E-state index in [1.165, 1.54) is 42.2 Å². The molecule has 6 N–H and O–H groups in total. The van der Waals surface area contributed by atoms with Crippen LogP contribution >= 0.6 is 7.82 Å². The highest BCUT2D eigenvalue weighted by atomic mass is 31.2. The van der Waals surface area contributed by atoms with Crippen molar-refractivity contribution in [1.29, 1.82) is 0 Å². The quantitative estimate of drug-likeness (QED) is 0.0791. The summed E-state index contributed by atoms with van der Waals surface area (Å²) in [5.41, 5.74) is -0.343. The van der Waals surface area contributed by atoms with E-state index in [0.29, 0.717) is 5.56 Å². The Kier molecular flexibility index (Phi) is 16.4. The third kappa shape index (κ3) is 16.5. The van der Waals surface area contributed by atoms with Crippen LogP contribution in [0.4, 0.5) is 10.5 Å². The topological polar surface area (TPSA) is 240 Å². The summed E-state index contributed by atoms with van der Waals surface area (Å²) in [4.78, 5) is 68.1. The van der Waals surface area contributed by atoms with Crippen molar-refractivity contribution in [3.05, 3.63) is 35.9 Å².